The summed E-state index contributed by atoms with van der Waals surface area (Å²) in [6.45, 7) is 17.6. The molecule has 13 heteroatoms. The Morgan fingerprint density at radius 3 is 1.89 bits per heavy atom. The van der Waals surface area contributed by atoms with Gasteiger partial charge >= 0.3 is 11.9 Å². The quantitative estimate of drug-likeness (QED) is 0.306. The second kappa shape index (κ2) is 12.8. The standard InChI is InChI=1S/C13H20ClN3O2.C12H17ClFN3O2/c1-6-13(5,10(18)19-12(2,3)4)17-9-7-8-15-11(14)16-9;1-11(2,3)19-9(18)12(4,5)17-8-7(14)6-15-10(13)16-8/h7-8H,6H2,1-5H3,(H,15,16,17);6H,1-5H3,(H,15,16,17)/t13-;/m1./s1. The maximum absolute atomic E-state index is 13.5. The van der Waals surface area contributed by atoms with Crippen LogP contribution < -0.4 is 10.6 Å². The van der Waals surface area contributed by atoms with E-state index in [4.69, 9.17) is 32.7 Å². The summed E-state index contributed by atoms with van der Waals surface area (Å²) < 4.78 is 24.2. The average molecular weight is 576 g/mol. The van der Waals surface area contributed by atoms with Crippen molar-refractivity contribution >= 4 is 46.8 Å². The van der Waals surface area contributed by atoms with Gasteiger partial charge in [0.1, 0.15) is 28.1 Å². The highest BCUT2D eigenvalue weighted by Crippen LogP contribution is 2.23. The van der Waals surface area contributed by atoms with Gasteiger partial charge in [0, 0.05) is 6.20 Å². The minimum atomic E-state index is -1.15. The third kappa shape index (κ3) is 11.3. The summed E-state index contributed by atoms with van der Waals surface area (Å²) in [5, 5.41) is 5.75. The van der Waals surface area contributed by atoms with E-state index in [0.29, 0.717) is 12.2 Å². The van der Waals surface area contributed by atoms with Crippen LogP contribution in [0.3, 0.4) is 0 Å². The molecule has 0 amide bonds. The van der Waals surface area contributed by atoms with E-state index >= 15 is 0 Å². The van der Waals surface area contributed by atoms with E-state index in [9.17, 15) is 14.0 Å². The fourth-order valence-corrected chi connectivity index (χ4v) is 2.83. The molecule has 0 saturated heterocycles. The van der Waals surface area contributed by atoms with Crippen molar-refractivity contribution in [2.24, 2.45) is 0 Å². The van der Waals surface area contributed by atoms with Crippen molar-refractivity contribution in [3.8, 4) is 0 Å². The molecule has 0 spiro atoms. The van der Waals surface area contributed by atoms with Crippen LogP contribution in [-0.2, 0) is 19.1 Å². The Hall–Kier alpha value is -2.79. The molecule has 2 aromatic heterocycles. The zero-order valence-electron chi connectivity index (χ0n) is 23.5. The van der Waals surface area contributed by atoms with Crippen molar-refractivity contribution in [3.05, 3.63) is 34.8 Å². The van der Waals surface area contributed by atoms with Crippen LogP contribution in [0.2, 0.25) is 10.6 Å². The lowest BCUT2D eigenvalue weighted by atomic mass is 9.98. The van der Waals surface area contributed by atoms with Gasteiger partial charge in [-0.2, -0.15) is 4.98 Å². The molecule has 0 saturated carbocycles. The molecule has 2 rings (SSSR count). The second-order valence-electron chi connectivity index (χ2n) is 11.1. The van der Waals surface area contributed by atoms with E-state index in [-0.39, 0.29) is 22.4 Å². The molecule has 2 heterocycles. The van der Waals surface area contributed by atoms with Gasteiger partial charge in [-0.25, -0.2) is 28.9 Å². The highest BCUT2D eigenvalue weighted by atomic mass is 35.5. The van der Waals surface area contributed by atoms with Crippen LogP contribution in [0.4, 0.5) is 16.0 Å². The number of nitrogens with one attached hydrogen (secondary N) is 2. The molecule has 0 aliphatic heterocycles. The molecule has 10 nitrogen and oxygen atoms in total. The van der Waals surface area contributed by atoms with Crippen LogP contribution in [-0.4, -0.2) is 54.2 Å². The Morgan fingerprint density at radius 1 is 0.868 bits per heavy atom. The van der Waals surface area contributed by atoms with Gasteiger partial charge in [-0.1, -0.05) is 6.92 Å². The number of carbonyl (C=O) groups excluding carboxylic acids is 2. The maximum Gasteiger partial charge on any atom is 0.332 e. The lowest BCUT2D eigenvalue weighted by Crippen LogP contribution is -2.47. The fraction of sp³-hybridized carbons (Fsp3) is 0.600. The minimum absolute atomic E-state index is 0.108. The van der Waals surface area contributed by atoms with Crippen LogP contribution in [0.5, 0.6) is 0 Å². The Labute approximate surface area is 233 Å². The van der Waals surface area contributed by atoms with Crippen LogP contribution in [0, 0.1) is 5.82 Å². The van der Waals surface area contributed by atoms with Crippen molar-refractivity contribution in [1.82, 2.24) is 19.9 Å². The first-order valence-corrected chi connectivity index (χ1v) is 12.6. The minimum Gasteiger partial charge on any atom is -0.458 e. The number of esters is 2. The van der Waals surface area contributed by atoms with Crippen LogP contribution in [0.25, 0.3) is 0 Å². The van der Waals surface area contributed by atoms with Crippen molar-refractivity contribution < 1.29 is 23.5 Å². The number of halogens is 3. The van der Waals surface area contributed by atoms with E-state index in [2.05, 4.69) is 30.6 Å². The highest BCUT2D eigenvalue weighted by molar-refractivity contribution is 6.28. The van der Waals surface area contributed by atoms with E-state index in [1.54, 1.807) is 47.6 Å². The number of hydrogen-bond acceptors (Lipinski definition) is 10. The van der Waals surface area contributed by atoms with Crippen molar-refractivity contribution in [2.75, 3.05) is 10.6 Å². The van der Waals surface area contributed by atoms with Gasteiger partial charge in [0.2, 0.25) is 10.6 Å². The van der Waals surface area contributed by atoms with E-state index in [1.165, 1.54) is 6.20 Å². The lowest BCUT2D eigenvalue weighted by Gasteiger charge is -2.31. The molecule has 0 fully saturated rings. The molecular formula is C25H37Cl2FN6O4. The van der Waals surface area contributed by atoms with Crippen LogP contribution >= 0.6 is 23.2 Å². The SMILES string of the molecule is CC(C)(C)OC(=O)C(C)(C)Nc1nc(Cl)ncc1F.CC[C@@](C)(Nc1ccnc(Cl)n1)C(=O)OC(C)(C)C. The molecule has 0 unspecified atom stereocenters. The summed E-state index contributed by atoms with van der Waals surface area (Å²) in [5.74, 6) is -1.18. The Kier molecular flexibility index (Phi) is 11.2. The smallest absolute Gasteiger partial charge is 0.332 e. The van der Waals surface area contributed by atoms with Gasteiger partial charge in [0.15, 0.2) is 11.6 Å². The molecule has 0 aliphatic carbocycles. The van der Waals surface area contributed by atoms with E-state index in [1.807, 2.05) is 27.7 Å². The number of nitrogens with zero attached hydrogens (tertiary/aromatic N) is 4. The van der Waals surface area contributed by atoms with Gasteiger partial charge < -0.3 is 20.1 Å². The molecular weight excluding hydrogens is 538 g/mol. The fourth-order valence-electron chi connectivity index (χ4n) is 2.55. The third-order valence-electron chi connectivity index (χ3n) is 4.64. The highest BCUT2D eigenvalue weighted by Gasteiger charge is 2.36. The molecule has 38 heavy (non-hydrogen) atoms. The first-order chi connectivity index (χ1) is 17.2. The third-order valence-corrected chi connectivity index (χ3v) is 5.01. The van der Waals surface area contributed by atoms with Gasteiger partial charge in [0.25, 0.3) is 0 Å². The molecule has 1 atom stereocenters. The van der Waals surface area contributed by atoms with Gasteiger partial charge in [-0.3, -0.25) is 0 Å². The van der Waals surface area contributed by atoms with Crippen molar-refractivity contribution in [2.45, 2.75) is 97.9 Å². The lowest BCUT2D eigenvalue weighted by molar-refractivity contribution is -0.160. The number of ether oxygens (including phenoxy) is 2. The van der Waals surface area contributed by atoms with Gasteiger partial charge in [-0.05, 0) is 98.0 Å². The van der Waals surface area contributed by atoms with Gasteiger partial charge in [-0.15, -0.1) is 0 Å². The van der Waals surface area contributed by atoms with Crippen LogP contribution in [0.15, 0.2) is 18.5 Å². The largest absolute Gasteiger partial charge is 0.458 e. The monoisotopic (exact) mass is 574 g/mol. The topological polar surface area (TPSA) is 128 Å². The number of carbonyl (C=O) groups is 2. The van der Waals surface area contributed by atoms with Crippen molar-refractivity contribution in [3.63, 3.8) is 0 Å². The molecule has 2 aromatic rings. The number of aromatic nitrogens is 4. The molecule has 2 N–H and O–H groups in total. The molecule has 0 aromatic carbocycles. The Bertz CT molecular complexity index is 1120. The predicted octanol–water partition coefficient (Wildman–Crippen LogP) is 5.85. The summed E-state index contributed by atoms with van der Waals surface area (Å²) >= 11 is 11.3. The first-order valence-electron chi connectivity index (χ1n) is 11.9. The number of anilines is 2. The van der Waals surface area contributed by atoms with E-state index in [0.717, 1.165) is 6.20 Å². The predicted molar refractivity (Wildman–Crippen MR) is 146 cm³/mol. The molecule has 0 radical (unpaired) electrons. The van der Waals surface area contributed by atoms with Gasteiger partial charge in [0.05, 0.1) is 6.20 Å². The van der Waals surface area contributed by atoms with Crippen molar-refractivity contribution in [1.29, 1.82) is 0 Å². The zero-order chi connectivity index (χ0) is 29.5. The van der Waals surface area contributed by atoms with Crippen LogP contribution in [0.1, 0.15) is 75.7 Å². The summed E-state index contributed by atoms with van der Waals surface area (Å²) in [6, 6.07) is 1.66. The normalized spacial score (nSPS) is 13.4. The molecule has 0 bridgehead atoms. The summed E-state index contributed by atoms with van der Waals surface area (Å²) in [5.41, 5.74) is -3.16. The summed E-state index contributed by atoms with van der Waals surface area (Å²) in [4.78, 5) is 39.2. The number of rotatable bonds is 7. The Balaban J connectivity index is 0.000000380. The first kappa shape index (κ1) is 33.2. The second-order valence-corrected chi connectivity index (χ2v) is 11.8. The number of hydrogen-bond donors (Lipinski definition) is 2. The Morgan fingerprint density at radius 2 is 1.39 bits per heavy atom. The molecule has 212 valence electrons. The average Bonchev–Trinajstić information content (AvgIpc) is 2.74. The summed E-state index contributed by atoms with van der Waals surface area (Å²) in [7, 11) is 0. The van der Waals surface area contributed by atoms with E-state index < -0.39 is 34.1 Å². The summed E-state index contributed by atoms with van der Waals surface area (Å²) in [6.07, 6.45) is 3.02. The molecule has 0 aliphatic rings. The maximum atomic E-state index is 13.5. The zero-order valence-corrected chi connectivity index (χ0v) is 25.0.